The third-order valence-electron chi connectivity index (χ3n) is 5.44. The molecule has 2 aromatic heterocycles. The highest BCUT2D eigenvalue weighted by Gasteiger charge is 2.21. The zero-order valence-corrected chi connectivity index (χ0v) is 18.9. The van der Waals surface area contributed by atoms with Crippen molar-refractivity contribution >= 4 is 22.5 Å². The van der Waals surface area contributed by atoms with Gasteiger partial charge in [-0.05, 0) is 37.0 Å². The molecule has 0 aliphatic carbocycles. The number of nitrogens with zero attached hydrogens (tertiary/aromatic N) is 2. The van der Waals surface area contributed by atoms with E-state index >= 15 is 0 Å². The summed E-state index contributed by atoms with van der Waals surface area (Å²) in [5.74, 6) is 0.280. The third kappa shape index (κ3) is 4.56. The molecular weight excluding hydrogens is 412 g/mol. The number of benzene rings is 1. The van der Waals surface area contributed by atoms with Gasteiger partial charge >= 0.3 is 11.3 Å². The Morgan fingerprint density at radius 1 is 1.25 bits per heavy atom. The van der Waals surface area contributed by atoms with E-state index in [4.69, 9.17) is 10.2 Å². The number of nitrogens with two attached hydrogens (primary N) is 1. The van der Waals surface area contributed by atoms with E-state index in [0.29, 0.717) is 35.2 Å². The number of rotatable bonds is 8. The largest absolute Gasteiger partial charge is 0.508 e. The number of unbranched alkanes of at least 4 members (excludes halogenated alkanes) is 1. The Bertz CT molecular complexity index is 1300. The second-order valence-electron chi connectivity index (χ2n) is 8.45. The lowest BCUT2D eigenvalue weighted by atomic mass is 10.1. The molecule has 9 heteroatoms. The summed E-state index contributed by atoms with van der Waals surface area (Å²) in [5, 5.41) is 10.7. The predicted octanol–water partition coefficient (Wildman–Crippen LogP) is 2.70. The first kappa shape index (κ1) is 23.2. The number of aryl methyl sites for hydroxylation is 1. The average Bonchev–Trinajstić information content (AvgIpc) is 2.71. The highest BCUT2D eigenvalue weighted by atomic mass is 16.4. The second-order valence-corrected chi connectivity index (χ2v) is 8.45. The van der Waals surface area contributed by atoms with Crippen LogP contribution in [-0.2, 0) is 13.1 Å². The number of hydrogen-bond donors (Lipinski definition) is 3. The summed E-state index contributed by atoms with van der Waals surface area (Å²) in [5.41, 5.74) is 6.27. The van der Waals surface area contributed by atoms with Crippen LogP contribution in [0.1, 0.15) is 44.7 Å². The van der Waals surface area contributed by atoms with Gasteiger partial charge in [-0.3, -0.25) is 14.3 Å². The summed E-state index contributed by atoms with van der Waals surface area (Å²) < 4.78 is 6.71. The monoisotopic (exact) mass is 442 g/mol. The van der Waals surface area contributed by atoms with Crippen LogP contribution in [0.15, 0.2) is 37.0 Å². The molecule has 0 unspecified atom stereocenters. The number of nitrogen functional groups attached to an aromatic ring is 1. The van der Waals surface area contributed by atoms with Crippen molar-refractivity contribution in [2.75, 3.05) is 17.2 Å². The minimum atomic E-state index is -0.565. The van der Waals surface area contributed by atoms with Gasteiger partial charge in [0, 0.05) is 36.7 Å². The predicted molar refractivity (Wildman–Crippen MR) is 125 cm³/mol. The SMILES string of the molecule is CCCCN(Cc1cc(=O)oc2c(C)c(O)ccc12)c1c(N)n(CC(C)C)c(=O)[nH]c1=O. The number of hydrogen-bond acceptors (Lipinski definition) is 7. The fourth-order valence-electron chi connectivity index (χ4n) is 3.80. The molecule has 32 heavy (non-hydrogen) atoms. The van der Waals surface area contributed by atoms with Crippen LogP contribution in [0.3, 0.4) is 0 Å². The van der Waals surface area contributed by atoms with Gasteiger partial charge in [-0.2, -0.15) is 0 Å². The van der Waals surface area contributed by atoms with E-state index in [0.717, 1.165) is 12.8 Å². The molecule has 0 atom stereocenters. The number of phenolic OH excluding ortho intramolecular Hbond substituents is 1. The maximum absolute atomic E-state index is 12.8. The van der Waals surface area contributed by atoms with Crippen LogP contribution in [0, 0.1) is 12.8 Å². The molecule has 2 heterocycles. The molecule has 0 aliphatic heterocycles. The summed E-state index contributed by atoms with van der Waals surface area (Å²) in [6, 6.07) is 4.61. The zero-order valence-electron chi connectivity index (χ0n) is 18.9. The standard InChI is InChI=1S/C23H30N4O5/c1-5-6-9-26(19-21(24)27(11-13(2)3)23(31)25-22(19)30)12-15-10-18(29)32-20-14(4)17(28)8-7-16(15)20/h7-8,10,13,28H,5-6,9,11-12,24H2,1-4H3,(H,25,30,31). The number of H-pyrrole nitrogens is 1. The lowest BCUT2D eigenvalue weighted by Crippen LogP contribution is -2.39. The minimum absolute atomic E-state index is 0.0297. The molecule has 3 aromatic rings. The van der Waals surface area contributed by atoms with E-state index in [-0.39, 0.29) is 29.7 Å². The Kier molecular flexibility index (Phi) is 6.76. The lowest BCUT2D eigenvalue weighted by Gasteiger charge is -2.27. The Balaban J connectivity index is 2.18. The van der Waals surface area contributed by atoms with Gasteiger partial charge in [0.05, 0.1) is 0 Å². The number of aromatic nitrogens is 2. The first-order chi connectivity index (χ1) is 15.1. The molecule has 4 N–H and O–H groups in total. The molecule has 0 aliphatic rings. The van der Waals surface area contributed by atoms with E-state index in [2.05, 4.69) is 4.98 Å². The first-order valence-corrected chi connectivity index (χ1v) is 10.8. The van der Waals surface area contributed by atoms with Crippen molar-refractivity contribution in [1.82, 2.24) is 9.55 Å². The summed E-state index contributed by atoms with van der Waals surface area (Å²) in [4.78, 5) is 41.6. The fourth-order valence-corrected chi connectivity index (χ4v) is 3.80. The molecule has 0 saturated carbocycles. The molecule has 3 rings (SSSR count). The van der Waals surface area contributed by atoms with Gasteiger partial charge in [0.15, 0.2) is 0 Å². The number of aromatic amines is 1. The van der Waals surface area contributed by atoms with Crippen molar-refractivity contribution in [3.8, 4) is 5.75 Å². The first-order valence-electron chi connectivity index (χ1n) is 10.8. The fraction of sp³-hybridized carbons (Fsp3) is 0.435. The summed E-state index contributed by atoms with van der Waals surface area (Å²) in [7, 11) is 0. The zero-order chi connectivity index (χ0) is 23.6. The van der Waals surface area contributed by atoms with Crippen LogP contribution in [0.2, 0.25) is 0 Å². The summed E-state index contributed by atoms with van der Waals surface area (Å²) >= 11 is 0. The van der Waals surface area contributed by atoms with Gasteiger partial charge in [-0.25, -0.2) is 9.59 Å². The smallest absolute Gasteiger partial charge is 0.336 e. The molecule has 0 amide bonds. The number of nitrogens with one attached hydrogen (secondary N) is 1. The summed E-state index contributed by atoms with van der Waals surface area (Å²) in [6.45, 7) is 8.69. The topological polar surface area (TPSA) is 135 Å². The molecule has 0 bridgehead atoms. The lowest BCUT2D eigenvalue weighted by molar-refractivity contribution is 0.468. The molecular formula is C23H30N4O5. The number of phenols is 1. The van der Waals surface area contributed by atoms with E-state index < -0.39 is 16.9 Å². The van der Waals surface area contributed by atoms with E-state index in [1.54, 1.807) is 24.0 Å². The Morgan fingerprint density at radius 3 is 2.62 bits per heavy atom. The van der Waals surface area contributed by atoms with Crippen LogP contribution in [0.5, 0.6) is 5.75 Å². The maximum Gasteiger partial charge on any atom is 0.336 e. The van der Waals surface area contributed by atoms with Crippen LogP contribution in [-0.4, -0.2) is 21.2 Å². The van der Waals surface area contributed by atoms with Crippen molar-refractivity contribution in [1.29, 1.82) is 0 Å². The van der Waals surface area contributed by atoms with Crippen LogP contribution < -0.4 is 27.5 Å². The number of fused-ring (bicyclic) bond motifs is 1. The Labute approximate surface area is 185 Å². The number of aromatic hydroxyl groups is 1. The van der Waals surface area contributed by atoms with Gasteiger partial charge in [0.25, 0.3) is 5.56 Å². The third-order valence-corrected chi connectivity index (χ3v) is 5.44. The highest BCUT2D eigenvalue weighted by Crippen LogP contribution is 2.29. The van der Waals surface area contributed by atoms with Crippen molar-refractivity contribution in [3.63, 3.8) is 0 Å². The van der Waals surface area contributed by atoms with Crippen molar-refractivity contribution in [3.05, 3.63) is 60.6 Å². The van der Waals surface area contributed by atoms with Gasteiger partial charge in [0.2, 0.25) is 0 Å². The minimum Gasteiger partial charge on any atom is -0.508 e. The quantitative estimate of drug-likeness (QED) is 0.457. The van der Waals surface area contributed by atoms with Gasteiger partial charge in [0.1, 0.15) is 22.8 Å². The molecule has 0 fully saturated rings. The highest BCUT2D eigenvalue weighted by molar-refractivity contribution is 5.85. The van der Waals surface area contributed by atoms with Crippen molar-refractivity contribution in [2.45, 2.75) is 53.6 Å². The van der Waals surface area contributed by atoms with Gasteiger partial charge in [-0.1, -0.05) is 27.2 Å². The Morgan fingerprint density at radius 2 is 1.97 bits per heavy atom. The van der Waals surface area contributed by atoms with Crippen molar-refractivity contribution in [2.24, 2.45) is 5.92 Å². The Hall–Kier alpha value is -3.49. The molecule has 0 spiro atoms. The van der Waals surface area contributed by atoms with E-state index in [1.807, 2.05) is 20.8 Å². The van der Waals surface area contributed by atoms with Gasteiger partial charge in [-0.15, -0.1) is 0 Å². The second kappa shape index (κ2) is 9.33. The van der Waals surface area contributed by atoms with Crippen molar-refractivity contribution < 1.29 is 9.52 Å². The normalized spacial score (nSPS) is 11.4. The van der Waals surface area contributed by atoms with E-state index in [1.165, 1.54) is 10.6 Å². The van der Waals surface area contributed by atoms with E-state index in [9.17, 15) is 19.5 Å². The van der Waals surface area contributed by atoms with Crippen LogP contribution in [0.4, 0.5) is 11.5 Å². The molecule has 9 nitrogen and oxygen atoms in total. The molecule has 1 aromatic carbocycles. The molecule has 0 radical (unpaired) electrons. The average molecular weight is 443 g/mol. The maximum atomic E-state index is 12.8. The van der Waals surface area contributed by atoms with Crippen LogP contribution >= 0.6 is 0 Å². The number of anilines is 2. The van der Waals surface area contributed by atoms with Crippen LogP contribution in [0.25, 0.3) is 11.0 Å². The molecule has 172 valence electrons. The summed E-state index contributed by atoms with van der Waals surface area (Å²) in [6.07, 6.45) is 1.66. The molecule has 0 saturated heterocycles. The van der Waals surface area contributed by atoms with Gasteiger partial charge < -0.3 is 20.2 Å².